The van der Waals surface area contributed by atoms with E-state index >= 15 is 0 Å². The number of aromatic nitrogens is 2. The number of amides is 2. The highest BCUT2D eigenvalue weighted by Gasteiger charge is 2.31. The summed E-state index contributed by atoms with van der Waals surface area (Å²) in [5.74, 6) is 1.49. The van der Waals surface area contributed by atoms with Gasteiger partial charge < -0.3 is 19.4 Å². The molecule has 3 aliphatic heterocycles. The van der Waals surface area contributed by atoms with Crippen molar-refractivity contribution in [1.29, 1.82) is 0 Å². The number of nitrogens with zero attached hydrogens (tertiary/aromatic N) is 5. The first kappa shape index (κ1) is 19.1. The number of aryl methyl sites for hydroxylation is 1. The normalized spacial score (nSPS) is 23.2. The molecule has 8 nitrogen and oxygen atoms in total. The Morgan fingerprint density at radius 1 is 0.964 bits per heavy atom. The highest BCUT2D eigenvalue weighted by molar-refractivity contribution is 5.93. The van der Waals surface area contributed by atoms with Crippen molar-refractivity contribution >= 4 is 17.6 Å². The number of piperazine rings is 1. The molecule has 152 valence electrons. The summed E-state index contributed by atoms with van der Waals surface area (Å²) in [6, 6.07) is 1.81. The molecule has 1 aromatic rings. The van der Waals surface area contributed by atoms with Gasteiger partial charge in [0, 0.05) is 51.9 Å². The predicted molar refractivity (Wildman–Crippen MR) is 104 cm³/mol. The number of likely N-dealkylation sites (tertiary alicyclic amines) is 1. The van der Waals surface area contributed by atoms with Crippen LogP contribution in [0.25, 0.3) is 0 Å². The second kappa shape index (κ2) is 8.43. The molecule has 2 amide bonds. The van der Waals surface area contributed by atoms with Crippen molar-refractivity contribution in [2.75, 3.05) is 50.8 Å². The SMILES string of the molecule is Cc1nc(C(=O)N2CCCCC2)cc(N2CCN(C(=O)C3CCCO3)CC2)n1. The zero-order valence-corrected chi connectivity index (χ0v) is 16.6. The molecule has 4 rings (SSSR count). The molecule has 0 spiro atoms. The molecule has 4 heterocycles. The van der Waals surface area contributed by atoms with E-state index in [0.29, 0.717) is 44.3 Å². The summed E-state index contributed by atoms with van der Waals surface area (Å²) in [6.45, 7) is 6.83. The average molecular weight is 387 g/mol. The second-order valence-corrected chi connectivity index (χ2v) is 7.83. The van der Waals surface area contributed by atoms with E-state index in [1.807, 2.05) is 22.8 Å². The molecule has 1 aromatic heterocycles. The van der Waals surface area contributed by atoms with Crippen LogP contribution in [0.1, 0.15) is 48.4 Å². The minimum atomic E-state index is -0.262. The van der Waals surface area contributed by atoms with Crippen LogP contribution in [0.15, 0.2) is 6.07 Å². The molecule has 3 fully saturated rings. The third-order valence-corrected chi connectivity index (χ3v) is 5.81. The maximum atomic E-state index is 12.8. The first-order valence-electron chi connectivity index (χ1n) is 10.4. The van der Waals surface area contributed by atoms with Gasteiger partial charge in [0.1, 0.15) is 23.4 Å². The van der Waals surface area contributed by atoms with E-state index < -0.39 is 0 Å². The summed E-state index contributed by atoms with van der Waals surface area (Å²) in [6.07, 6.45) is 4.83. The van der Waals surface area contributed by atoms with Crippen molar-refractivity contribution in [3.8, 4) is 0 Å². The first-order valence-corrected chi connectivity index (χ1v) is 10.4. The van der Waals surface area contributed by atoms with Gasteiger partial charge in [0.25, 0.3) is 11.8 Å². The Kier molecular flexibility index (Phi) is 5.75. The molecule has 1 unspecified atom stereocenters. The fourth-order valence-electron chi connectivity index (χ4n) is 4.21. The molecule has 0 N–H and O–H groups in total. The number of piperidine rings is 1. The van der Waals surface area contributed by atoms with Crippen LogP contribution in [0.5, 0.6) is 0 Å². The Morgan fingerprint density at radius 3 is 2.39 bits per heavy atom. The number of hydrogen-bond donors (Lipinski definition) is 0. The van der Waals surface area contributed by atoms with Gasteiger partial charge >= 0.3 is 0 Å². The van der Waals surface area contributed by atoms with Gasteiger partial charge in [-0.25, -0.2) is 9.97 Å². The topological polar surface area (TPSA) is 78.9 Å². The Labute approximate surface area is 165 Å². The Morgan fingerprint density at radius 2 is 1.71 bits per heavy atom. The van der Waals surface area contributed by atoms with Gasteiger partial charge in [0.05, 0.1) is 0 Å². The largest absolute Gasteiger partial charge is 0.368 e. The summed E-state index contributed by atoms with van der Waals surface area (Å²) < 4.78 is 5.53. The lowest BCUT2D eigenvalue weighted by atomic mass is 10.1. The van der Waals surface area contributed by atoms with Gasteiger partial charge in [-0.1, -0.05) is 0 Å². The minimum absolute atomic E-state index is 0.00125. The third kappa shape index (κ3) is 4.11. The van der Waals surface area contributed by atoms with Gasteiger partial charge in [0.15, 0.2) is 0 Å². The van der Waals surface area contributed by atoms with Crippen LogP contribution < -0.4 is 4.90 Å². The first-order chi connectivity index (χ1) is 13.6. The summed E-state index contributed by atoms with van der Waals surface area (Å²) in [5.41, 5.74) is 0.474. The number of anilines is 1. The van der Waals surface area contributed by atoms with Crippen molar-refractivity contribution in [3.63, 3.8) is 0 Å². The van der Waals surface area contributed by atoms with Gasteiger partial charge in [-0.3, -0.25) is 9.59 Å². The van der Waals surface area contributed by atoms with E-state index in [1.165, 1.54) is 6.42 Å². The number of rotatable bonds is 3. The molecular formula is C20H29N5O3. The number of carbonyl (C=O) groups is 2. The third-order valence-electron chi connectivity index (χ3n) is 5.81. The van der Waals surface area contributed by atoms with Crippen LogP contribution >= 0.6 is 0 Å². The Hall–Kier alpha value is -2.22. The molecule has 1 atom stereocenters. The highest BCUT2D eigenvalue weighted by Crippen LogP contribution is 2.20. The summed E-state index contributed by atoms with van der Waals surface area (Å²) in [4.78, 5) is 40.2. The van der Waals surface area contributed by atoms with Crippen molar-refractivity contribution in [2.24, 2.45) is 0 Å². The van der Waals surface area contributed by atoms with E-state index in [4.69, 9.17) is 4.74 Å². The lowest BCUT2D eigenvalue weighted by Crippen LogP contribution is -2.51. The number of ether oxygens (including phenoxy) is 1. The maximum absolute atomic E-state index is 12.8. The Balaban J connectivity index is 1.41. The second-order valence-electron chi connectivity index (χ2n) is 7.83. The standard InChI is InChI=1S/C20H29N5O3/c1-15-21-16(19(26)24-7-3-2-4-8-24)14-18(22-15)23-9-11-25(12-10-23)20(27)17-6-5-13-28-17/h14,17H,2-13H2,1H3. The van der Waals surface area contributed by atoms with E-state index in [-0.39, 0.29) is 17.9 Å². The number of carbonyl (C=O) groups excluding carboxylic acids is 2. The van der Waals surface area contributed by atoms with Gasteiger partial charge in [-0.15, -0.1) is 0 Å². The molecule has 0 aromatic carbocycles. The molecule has 3 saturated heterocycles. The summed E-state index contributed by atoms with van der Waals surface area (Å²) >= 11 is 0. The minimum Gasteiger partial charge on any atom is -0.368 e. The predicted octanol–water partition coefficient (Wildman–Crippen LogP) is 1.24. The van der Waals surface area contributed by atoms with Crippen molar-refractivity contribution in [1.82, 2.24) is 19.8 Å². The van der Waals surface area contributed by atoms with Gasteiger partial charge in [0.2, 0.25) is 0 Å². The van der Waals surface area contributed by atoms with Gasteiger partial charge in [-0.2, -0.15) is 0 Å². The van der Waals surface area contributed by atoms with Crippen LogP contribution in [0.2, 0.25) is 0 Å². The summed E-state index contributed by atoms with van der Waals surface area (Å²) in [7, 11) is 0. The molecule has 3 aliphatic rings. The Bertz CT molecular complexity index is 721. The van der Waals surface area contributed by atoms with Crippen LogP contribution in [0, 0.1) is 6.92 Å². The van der Waals surface area contributed by atoms with Crippen molar-refractivity contribution in [3.05, 3.63) is 17.6 Å². The van der Waals surface area contributed by atoms with E-state index in [9.17, 15) is 9.59 Å². The molecular weight excluding hydrogens is 358 g/mol. The molecule has 8 heteroatoms. The highest BCUT2D eigenvalue weighted by atomic mass is 16.5. The van der Waals surface area contributed by atoms with Crippen LogP contribution in [0.4, 0.5) is 5.82 Å². The summed E-state index contributed by atoms with van der Waals surface area (Å²) in [5, 5.41) is 0. The quantitative estimate of drug-likeness (QED) is 0.776. The molecule has 0 bridgehead atoms. The molecule has 0 saturated carbocycles. The lowest BCUT2D eigenvalue weighted by Gasteiger charge is -2.36. The van der Waals surface area contributed by atoms with Crippen molar-refractivity contribution < 1.29 is 14.3 Å². The van der Waals surface area contributed by atoms with Crippen LogP contribution in [-0.2, 0) is 9.53 Å². The smallest absolute Gasteiger partial charge is 0.272 e. The lowest BCUT2D eigenvalue weighted by molar-refractivity contribution is -0.141. The average Bonchev–Trinajstić information content (AvgIpc) is 3.28. The molecule has 28 heavy (non-hydrogen) atoms. The van der Waals surface area contributed by atoms with E-state index in [1.54, 1.807) is 0 Å². The van der Waals surface area contributed by atoms with E-state index in [2.05, 4.69) is 14.9 Å². The van der Waals surface area contributed by atoms with Crippen molar-refractivity contribution in [2.45, 2.75) is 45.1 Å². The van der Waals surface area contributed by atoms with Crippen LogP contribution in [-0.4, -0.2) is 83.6 Å². The fourth-order valence-corrected chi connectivity index (χ4v) is 4.21. The number of hydrogen-bond acceptors (Lipinski definition) is 6. The molecule has 0 aliphatic carbocycles. The maximum Gasteiger partial charge on any atom is 0.272 e. The van der Waals surface area contributed by atoms with Crippen LogP contribution in [0.3, 0.4) is 0 Å². The zero-order valence-electron chi connectivity index (χ0n) is 16.6. The fraction of sp³-hybridized carbons (Fsp3) is 0.700. The van der Waals surface area contributed by atoms with E-state index in [0.717, 1.165) is 44.6 Å². The molecule has 0 radical (unpaired) electrons. The monoisotopic (exact) mass is 387 g/mol. The zero-order chi connectivity index (χ0) is 19.5. The van der Waals surface area contributed by atoms with Gasteiger partial charge in [-0.05, 0) is 39.0 Å².